The van der Waals surface area contributed by atoms with Crippen LogP contribution < -0.4 is 4.72 Å². The number of aliphatic carboxylic acids is 1. The summed E-state index contributed by atoms with van der Waals surface area (Å²) in [5.41, 5.74) is 0.572. The molecule has 0 radical (unpaired) electrons. The molecule has 0 fully saturated rings. The molecular formula is C12H16FNO4S2. The average molecular weight is 321 g/mol. The van der Waals surface area contributed by atoms with Gasteiger partial charge in [-0.15, -0.1) is 0 Å². The summed E-state index contributed by atoms with van der Waals surface area (Å²) < 4.78 is 39.8. The lowest BCUT2D eigenvalue weighted by atomic mass is 10.2. The van der Waals surface area contributed by atoms with Crippen molar-refractivity contribution in [2.24, 2.45) is 0 Å². The molecular weight excluding hydrogens is 305 g/mol. The molecule has 1 rings (SSSR count). The number of hydrogen-bond donors (Lipinski definition) is 2. The second kappa shape index (κ2) is 7.05. The van der Waals surface area contributed by atoms with Crippen LogP contribution in [0.2, 0.25) is 0 Å². The van der Waals surface area contributed by atoms with Crippen LogP contribution in [0.25, 0.3) is 0 Å². The highest BCUT2D eigenvalue weighted by atomic mass is 32.2. The van der Waals surface area contributed by atoms with Crippen molar-refractivity contribution in [3.05, 3.63) is 29.6 Å². The van der Waals surface area contributed by atoms with Gasteiger partial charge in [-0.3, -0.25) is 4.79 Å². The molecule has 2 N–H and O–H groups in total. The molecule has 0 saturated carbocycles. The Morgan fingerprint density at radius 1 is 1.50 bits per heavy atom. The van der Waals surface area contributed by atoms with Gasteiger partial charge in [0.15, 0.2) is 0 Å². The number of thioether (sulfide) groups is 1. The van der Waals surface area contributed by atoms with Gasteiger partial charge in [0.05, 0.1) is 0 Å². The number of nitrogens with one attached hydrogen (secondary N) is 1. The molecule has 0 spiro atoms. The third-order valence-corrected chi connectivity index (χ3v) is 4.71. The molecule has 0 amide bonds. The Bertz CT molecular complexity index is 589. The van der Waals surface area contributed by atoms with E-state index in [1.165, 1.54) is 23.9 Å². The highest BCUT2D eigenvalue weighted by Gasteiger charge is 2.27. The number of carboxylic acid groups (broad SMARTS) is 1. The van der Waals surface area contributed by atoms with Crippen molar-refractivity contribution < 1.29 is 22.7 Å². The van der Waals surface area contributed by atoms with Crippen molar-refractivity contribution in [3.63, 3.8) is 0 Å². The summed E-state index contributed by atoms with van der Waals surface area (Å²) in [6, 6.07) is 2.39. The zero-order chi connectivity index (χ0) is 15.3. The summed E-state index contributed by atoms with van der Waals surface area (Å²) in [4.78, 5) is 10.5. The fourth-order valence-corrected chi connectivity index (χ4v) is 3.39. The number of hydrogen-bond acceptors (Lipinski definition) is 4. The van der Waals surface area contributed by atoms with Crippen LogP contribution >= 0.6 is 11.8 Å². The Labute approximate surface area is 121 Å². The molecule has 0 bridgehead atoms. The first kappa shape index (κ1) is 16.9. The van der Waals surface area contributed by atoms with Gasteiger partial charge in [-0.1, -0.05) is 6.07 Å². The Kier molecular flexibility index (Phi) is 5.97. The second-order valence-corrected chi connectivity index (χ2v) is 6.90. The lowest BCUT2D eigenvalue weighted by Crippen LogP contribution is -2.41. The van der Waals surface area contributed by atoms with Crippen molar-refractivity contribution >= 4 is 27.8 Å². The first-order chi connectivity index (χ1) is 9.27. The molecule has 1 aromatic carbocycles. The van der Waals surface area contributed by atoms with Gasteiger partial charge in [0, 0.05) is 0 Å². The maximum absolute atomic E-state index is 13.6. The van der Waals surface area contributed by atoms with Gasteiger partial charge in [-0.25, -0.2) is 12.8 Å². The first-order valence-corrected chi connectivity index (χ1v) is 8.66. The van der Waals surface area contributed by atoms with Crippen LogP contribution in [0.1, 0.15) is 12.0 Å². The smallest absolute Gasteiger partial charge is 0.321 e. The van der Waals surface area contributed by atoms with Gasteiger partial charge in [-0.2, -0.15) is 16.5 Å². The van der Waals surface area contributed by atoms with E-state index in [-0.39, 0.29) is 6.42 Å². The molecule has 5 nitrogen and oxygen atoms in total. The highest BCUT2D eigenvalue weighted by molar-refractivity contribution is 7.98. The fourth-order valence-electron chi connectivity index (χ4n) is 1.54. The van der Waals surface area contributed by atoms with E-state index in [2.05, 4.69) is 0 Å². The number of carbonyl (C=O) groups is 1. The zero-order valence-corrected chi connectivity index (χ0v) is 12.7. The normalized spacial score (nSPS) is 13.2. The van der Waals surface area contributed by atoms with Crippen LogP contribution in [-0.2, 0) is 14.8 Å². The summed E-state index contributed by atoms with van der Waals surface area (Å²) >= 11 is 1.40. The molecule has 8 heteroatoms. The van der Waals surface area contributed by atoms with Crippen LogP contribution in [0.15, 0.2) is 23.1 Å². The number of carboxylic acids is 1. The SMILES string of the molecule is CSCCC(NS(=O)(=O)c1cc(C)ccc1F)C(=O)O. The topological polar surface area (TPSA) is 83.5 Å². The van der Waals surface area contributed by atoms with Crippen LogP contribution in [0, 0.1) is 12.7 Å². The predicted molar refractivity (Wildman–Crippen MR) is 75.9 cm³/mol. The monoisotopic (exact) mass is 321 g/mol. The van der Waals surface area contributed by atoms with Gasteiger partial charge in [0.25, 0.3) is 0 Å². The van der Waals surface area contributed by atoms with E-state index < -0.39 is 32.7 Å². The van der Waals surface area contributed by atoms with Gasteiger partial charge >= 0.3 is 5.97 Å². The van der Waals surface area contributed by atoms with Gasteiger partial charge in [-0.05, 0) is 43.0 Å². The summed E-state index contributed by atoms with van der Waals surface area (Å²) in [5, 5.41) is 9.00. The van der Waals surface area contributed by atoms with E-state index in [0.29, 0.717) is 11.3 Å². The standard InChI is InChI=1S/C12H16FNO4S2/c1-8-3-4-9(13)11(7-8)20(17,18)14-10(12(15)16)5-6-19-2/h3-4,7,10,14H,5-6H2,1-2H3,(H,15,16). The van der Waals surface area contributed by atoms with E-state index in [4.69, 9.17) is 5.11 Å². The molecule has 1 aromatic rings. The minimum atomic E-state index is -4.20. The lowest BCUT2D eigenvalue weighted by Gasteiger charge is -2.15. The maximum atomic E-state index is 13.6. The largest absolute Gasteiger partial charge is 0.480 e. The van der Waals surface area contributed by atoms with Crippen LogP contribution in [0.3, 0.4) is 0 Å². The molecule has 112 valence electrons. The number of aryl methyl sites for hydroxylation is 1. The van der Waals surface area contributed by atoms with Crippen molar-refractivity contribution in [1.29, 1.82) is 0 Å². The molecule has 0 aromatic heterocycles. The molecule has 0 aliphatic carbocycles. The Hall–Kier alpha value is -1.12. The Balaban J connectivity index is 3.03. The van der Waals surface area contributed by atoms with E-state index in [9.17, 15) is 17.6 Å². The molecule has 0 heterocycles. The van der Waals surface area contributed by atoms with Gasteiger partial charge in [0.2, 0.25) is 10.0 Å². The molecule has 1 unspecified atom stereocenters. The second-order valence-electron chi connectivity index (χ2n) is 4.23. The fraction of sp³-hybridized carbons (Fsp3) is 0.417. The Morgan fingerprint density at radius 3 is 2.70 bits per heavy atom. The van der Waals surface area contributed by atoms with Crippen LogP contribution in [-0.4, -0.2) is 37.5 Å². The minimum Gasteiger partial charge on any atom is -0.480 e. The maximum Gasteiger partial charge on any atom is 0.321 e. The number of rotatable bonds is 7. The van der Waals surface area contributed by atoms with Crippen LogP contribution in [0.4, 0.5) is 4.39 Å². The summed E-state index contributed by atoms with van der Waals surface area (Å²) in [6.07, 6.45) is 1.91. The average Bonchev–Trinajstić information content (AvgIpc) is 2.36. The van der Waals surface area contributed by atoms with Crippen molar-refractivity contribution in [2.45, 2.75) is 24.3 Å². The number of benzene rings is 1. The predicted octanol–water partition coefficient (Wildman–Crippen LogP) is 1.62. The van der Waals surface area contributed by atoms with E-state index in [1.807, 2.05) is 4.72 Å². The third kappa shape index (κ3) is 4.46. The molecule has 1 atom stereocenters. The quantitative estimate of drug-likeness (QED) is 0.797. The molecule has 0 saturated heterocycles. The van der Waals surface area contributed by atoms with Crippen molar-refractivity contribution in [2.75, 3.05) is 12.0 Å². The number of halogens is 1. The zero-order valence-electron chi connectivity index (χ0n) is 11.1. The Morgan fingerprint density at radius 2 is 2.15 bits per heavy atom. The first-order valence-electron chi connectivity index (χ1n) is 5.78. The highest BCUT2D eigenvalue weighted by Crippen LogP contribution is 2.17. The summed E-state index contributed by atoms with van der Waals surface area (Å²) in [5.74, 6) is -1.71. The van der Waals surface area contributed by atoms with E-state index in [0.717, 1.165) is 6.07 Å². The molecule has 0 aliphatic heterocycles. The summed E-state index contributed by atoms with van der Waals surface area (Å²) in [6.45, 7) is 1.63. The number of sulfonamides is 1. The van der Waals surface area contributed by atoms with Gasteiger partial charge < -0.3 is 5.11 Å². The van der Waals surface area contributed by atoms with E-state index in [1.54, 1.807) is 13.2 Å². The van der Waals surface area contributed by atoms with Gasteiger partial charge in [0.1, 0.15) is 16.8 Å². The third-order valence-electron chi connectivity index (χ3n) is 2.58. The molecule has 0 aliphatic rings. The molecule has 20 heavy (non-hydrogen) atoms. The lowest BCUT2D eigenvalue weighted by molar-refractivity contribution is -0.139. The minimum absolute atomic E-state index is 0.128. The van der Waals surface area contributed by atoms with Crippen molar-refractivity contribution in [1.82, 2.24) is 4.72 Å². The summed E-state index contributed by atoms with van der Waals surface area (Å²) in [7, 11) is -4.20. The van der Waals surface area contributed by atoms with Crippen molar-refractivity contribution in [3.8, 4) is 0 Å². The van der Waals surface area contributed by atoms with E-state index >= 15 is 0 Å². The van der Waals surface area contributed by atoms with Crippen LogP contribution in [0.5, 0.6) is 0 Å².